The van der Waals surface area contributed by atoms with Gasteiger partial charge in [-0.3, -0.25) is 9.59 Å². The van der Waals surface area contributed by atoms with Crippen LogP contribution >= 0.6 is 0 Å². The summed E-state index contributed by atoms with van der Waals surface area (Å²) < 4.78 is 0. The van der Waals surface area contributed by atoms with Gasteiger partial charge in [0.15, 0.2) is 11.6 Å². The number of carbonyl (C=O) groups is 2. The summed E-state index contributed by atoms with van der Waals surface area (Å²) in [5.41, 5.74) is 1.98. The maximum absolute atomic E-state index is 12.3. The number of hydrogen-bond acceptors (Lipinski definition) is 2. The van der Waals surface area contributed by atoms with Crippen LogP contribution in [-0.4, -0.2) is 11.6 Å². The van der Waals surface area contributed by atoms with Gasteiger partial charge < -0.3 is 0 Å². The average Bonchev–Trinajstić information content (AvgIpc) is 2.87. The molecule has 2 aliphatic carbocycles. The van der Waals surface area contributed by atoms with E-state index < -0.39 is 5.92 Å². The summed E-state index contributed by atoms with van der Waals surface area (Å²) in [6, 6.07) is 7.77. The fourth-order valence-electron chi connectivity index (χ4n) is 3.43. The van der Waals surface area contributed by atoms with E-state index in [9.17, 15) is 9.59 Å². The van der Waals surface area contributed by atoms with Gasteiger partial charge in [0.25, 0.3) is 0 Å². The maximum atomic E-state index is 12.3. The third-order valence-electron chi connectivity index (χ3n) is 4.32. The van der Waals surface area contributed by atoms with E-state index in [0.29, 0.717) is 0 Å². The fraction of sp³-hybridized carbons (Fsp3) is 0.467. The fourth-order valence-corrected chi connectivity index (χ4v) is 3.43. The molecule has 88 valence electrons. The van der Waals surface area contributed by atoms with Crippen molar-refractivity contribution in [2.24, 2.45) is 11.8 Å². The van der Waals surface area contributed by atoms with Crippen LogP contribution in [0.25, 0.3) is 0 Å². The van der Waals surface area contributed by atoms with Crippen molar-refractivity contribution >= 4 is 11.6 Å². The van der Waals surface area contributed by atoms with Crippen LogP contribution in [0.15, 0.2) is 24.3 Å². The van der Waals surface area contributed by atoms with Crippen LogP contribution in [0.4, 0.5) is 0 Å². The third-order valence-corrected chi connectivity index (χ3v) is 4.32. The second-order valence-corrected chi connectivity index (χ2v) is 5.24. The molecule has 3 rings (SSSR count). The summed E-state index contributed by atoms with van der Waals surface area (Å²) in [6.07, 6.45) is 2.86. The number of fused-ring (bicyclic) bond motifs is 1. The number of hydrogen-bond donors (Lipinski definition) is 0. The van der Waals surface area contributed by atoms with Gasteiger partial charge in [-0.1, -0.05) is 30.7 Å². The molecule has 0 bridgehead atoms. The summed E-state index contributed by atoms with van der Waals surface area (Å²) in [6.45, 7) is 1.98. The van der Waals surface area contributed by atoms with E-state index in [1.165, 1.54) is 0 Å². The van der Waals surface area contributed by atoms with Crippen molar-refractivity contribution in [3.05, 3.63) is 35.4 Å². The molecule has 0 heterocycles. The number of aryl methyl sites for hydroxylation is 1. The van der Waals surface area contributed by atoms with E-state index in [4.69, 9.17) is 0 Å². The van der Waals surface area contributed by atoms with Crippen molar-refractivity contribution < 1.29 is 9.59 Å². The second kappa shape index (κ2) is 3.80. The van der Waals surface area contributed by atoms with Gasteiger partial charge in [-0.05, 0) is 30.9 Å². The number of benzene rings is 1. The molecule has 2 atom stereocenters. The summed E-state index contributed by atoms with van der Waals surface area (Å²) in [5.74, 6) is -0.0793. The molecule has 0 N–H and O–H groups in total. The molecule has 2 unspecified atom stereocenters. The van der Waals surface area contributed by atoms with E-state index in [0.717, 1.165) is 30.4 Å². The molecule has 17 heavy (non-hydrogen) atoms. The molecule has 1 aromatic carbocycles. The predicted molar refractivity (Wildman–Crippen MR) is 64.8 cm³/mol. The minimum Gasteiger partial charge on any atom is -0.298 e. The molecule has 0 spiro atoms. The van der Waals surface area contributed by atoms with E-state index in [1.807, 2.05) is 31.2 Å². The lowest BCUT2D eigenvalue weighted by Crippen LogP contribution is -2.16. The molecule has 0 amide bonds. The van der Waals surface area contributed by atoms with Crippen molar-refractivity contribution in [1.29, 1.82) is 0 Å². The first kappa shape index (κ1) is 10.7. The molecule has 2 heteroatoms. The van der Waals surface area contributed by atoms with Gasteiger partial charge in [0.05, 0.1) is 0 Å². The van der Waals surface area contributed by atoms with E-state index in [-0.39, 0.29) is 23.4 Å². The lowest BCUT2D eigenvalue weighted by Gasteiger charge is -2.12. The van der Waals surface area contributed by atoms with Crippen LogP contribution in [0.3, 0.4) is 0 Å². The monoisotopic (exact) mass is 228 g/mol. The first-order chi connectivity index (χ1) is 8.20. The van der Waals surface area contributed by atoms with Crippen molar-refractivity contribution in [2.45, 2.75) is 32.1 Å². The summed E-state index contributed by atoms with van der Waals surface area (Å²) in [4.78, 5) is 24.7. The molecule has 0 aliphatic heterocycles. The van der Waals surface area contributed by atoms with E-state index in [1.54, 1.807) is 0 Å². The Hall–Kier alpha value is -1.44. The Kier molecular flexibility index (Phi) is 2.39. The quantitative estimate of drug-likeness (QED) is 0.692. The van der Waals surface area contributed by atoms with Gasteiger partial charge in [-0.2, -0.15) is 0 Å². The highest BCUT2D eigenvalue weighted by atomic mass is 16.2. The Bertz CT molecular complexity index is 467. The molecule has 2 nitrogen and oxygen atoms in total. The van der Waals surface area contributed by atoms with Crippen molar-refractivity contribution in [3.8, 4) is 0 Å². The molecule has 2 aliphatic rings. The minimum absolute atomic E-state index is 0.0205. The highest BCUT2D eigenvalue weighted by Gasteiger charge is 2.51. The standard InChI is InChI=1S/C15H16O2/c1-9-5-2-3-6-10(9)13-14(16)11-7-4-8-12(11)15(13)17/h2-3,5-6,11-13H,4,7-8H2,1H3. The van der Waals surface area contributed by atoms with Gasteiger partial charge in [-0.25, -0.2) is 0 Å². The Labute approximate surface area is 101 Å². The highest BCUT2D eigenvalue weighted by Crippen LogP contribution is 2.46. The maximum Gasteiger partial charge on any atom is 0.151 e. The summed E-state index contributed by atoms with van der Waals surface area (Å²) in [7, 11) is 0. The summed E-state index contributed by atoms with van der Waals surface area (Å²) >= 11 is 0. The SMILES string of the molecule is Cc1ccccc1C1C(=O)C2CCCC2C1=O. The zero-order valence-electron chi connectivity index (χ0n) is 9.98. The van der Waals surface area contributed by atoms with Gasteiger partial charge in [0.2, 0.25) is 0 Å². The Balaban J connectivity index is 2.03. The molecule has 1 aromatic rings. The molecule has 2 saturated carbocycles. The van der Waals surface area contributed by atoms with Crippen LogP contribution in [-0.2, 0) is 9.59 Å². The lowest BCUT2D eigenvalue weighted by molar-refractivity contribution is -0.125. The third kappa shape index (κ3) is 1.47. The molecular weight excluding hydrogens is 212 g/mol. The van der Waals surface area contributed by atoms with Crippen LogP contribution in [0.5, 0.6) is 0 Å². The number of rotatable bonds is 1. The topological polar surface area (TPSA) is 34.1 Å². The van der Waals surface area contributed by atoms with E-state index >= 15 is 0 Å². The Morgan fingerprint density at radius 3 is 2.18 bits per heavy atom. The molecule has 0 radical (unpaired) electrons. The number of carbonyl (C=O) groups excluding carboxylic acids is 2. The average molecular weight is 228 g/mol. The van der Waals surface area contributed by atoms with Gasteiger partial charge in [-0.15, -0.1) is 0 Å². The van der Waals surface area contributed by atoms with Crippen molar-refractivity contribution in [3.63, 3.8) is 0 Å². The van der Waals surface area contributed by atoms with Crippen LogP contribution in [0.1, 0.15) is 36.3 Å². The normalized spacial score (nSPS) is 31.9. The van der Waals surface area contributed by atoms with Gasteiger partial charge >= 0.3 is 0 Å². The van der Waals surface area contributed by atoms with Crippen LogP contribution in [0, 0.1) is 18.8 Å². The first-order valence-corrected chi connectivity index (χ1v) is 6.33. The van der Waals surface area contributed by atoms with Gasteiger partial charge in [0.1, 0.15) is 5.92 Å². The Morgan fingerprint density at radius 1 is 1.00 bits per heavy atom. The molecule has 2 fully saturated rings. The minimum atomic E-state index is -0.466. The zero-order chi connectivity index (χ0) is 12.0. The van der Waals surface area contributed by atoms with E-state index in [2.05, 4.69) is 0 Å². The van der Waals surface area contributed by atoms with Crippen molar-refractivity contribution in [1.82, 2.24) is 0 Å². The number of Topliss-reactive ketones (excluding diaryl/α,β-unsaturated/α-hetero) is 2. The van der Waals surface area contributed by atoms with Crippen molar-refractivity contribution in [2.75, 3.05) is 0 Å². The lowest BCUT2D eigenvalue weighted by atomic mass is 9.90. The molecular formula is C15H16O2. The molecule has 0 saturated heterocycles. The van der Waals surface area contributed by atoms with Crippen LogP contribution in [0.2, 0.25) is 0 Å². The first-order valence-electron chi connectivity index (χ1n) is 6.33. The van der Waals surface area contributed by atoms with Gasteiger partial charge in [0, 0.05) is 11.8 Å². The Morgan fingerprint density at radius 2 is 1.59 bits per heavy atom. The largest absolute Gasteiger partial charge is 0.298 e. The smallest absolute Gasteiger partial charge is 0.151 e. The second-order valence-electron chi connectivity index (χ2n) is 5.24. The van der Waals surface area contributed by atoms with Crippen LogP contribution < -0.4 is 0 Å². The zero-order valence-corrected chi connectivity index (χ0v) is 9.98. The highest BCUT2D eigenvalue weighted by molar-refractivity contribution is 6.16. The summed E-state index contributed by atoms with van der Waals surface area (Å²) in [5, 5.41) is 0. The number of ketones is 2. The molecule has 0 aromatic heterocycles. The predicted octanol–water partition coefficient (Wildman–Crippen LogP) is 2.65.